The smallest absolute Gasteiger partial charge is 0.280 e. The zero-order chi connectivity index (χ0) is 17.8. The molecule has 0 bridgehead atoms. The van der Waals surface area contributed by atoms with Crippen molar-refractivity contribution in [3.8, 4) is 6.07 Å². The number of H-pyrrole nitrogens is 2. The predicted octanol–water partition coefficient (Wildman–Crippen LogP) is 1.71. The lowest BCUT2D eigenvalue weighted by molar-refractivity contribution is -0.358. The highest BCUT2D eigenvalue weighted by Gasteiger charge is 2.15. The summed E-state index contributed by atoms with van der Waals surface area (Å²) in [5, 5.41) is 15.3. The SMILES string of the molecule is N#Cc1cnc(Nc2cc3nc(CCC4CCNCC4)[nH]c3c[nH+]2)cn1. The Bertz CT molecular complexity index is 919. The number of nitriles is 1. The van der Waals surface area contributed by atoms with Crippen LogP contribution in [0.25, 0.3) is 11.0 Å². The minimum atomic E-state index is 0.292. The highest BCUT2D eigenvalue weighted by Crippen LogP contribution is 2.20. The van der Waals surface area contributed by atoms with Crippen LogP contribution in [-0.4, -0.2) is 33.0 Å². The van der Waals surface area contributed by atoms with Gasteiger partial charge in [-0.1, -0.05) is 0 Å². The number of hydrogen-bond acceptors (Lipinski definition) is 6. The molecule has 0 aromatic carbocycles. The van der Waals surface area contributed by atoms with Gasteiger partial charge in [-0.25, -0.2) is 25.3 Å². The third-order valence-electron chi connectivity index (χ3n) is 4.74. The first kappa shape index (κ1) is 16.4. The molecular weight excluding hydrogens is 328 g/mol. The molecule has 0 amide bonds. The topological polar surface area (TPSA) is 116 Å². The third-order valence-corrected chi connectivity index (χ3v) is 4.74. The van der Waals surface area contributed by atoms with Crippen LogP contribution in [0.5, 0.6) is 0 Å². The number of piperidine rings is 1. The van der Waals surface area contributed by atoms with Crippen LogP contribution in [0.15, 0.2) is 24.7 Å². The van der Waals surface area contributed by atoms with Crippen LogP contribution in [0.1, 0.15) is 30.8 Å². The molecule has 1 aliphatic rings. The fourth-order valence-corrected chi connectivity index (χ4v) is 3.29. The number of aryl methyl sites for hydroxylation is 1. The minimum absolute atomic E-state index is 0.292. The molecule has 3 aromatic heterocycles. The first-order valence-corrected chi connectivity index (χ1v) is 8.90. The molecule has 0 unspecified atom stereocenters. The lowest BCUT2D eigenvalue weighted by atomic mass is 9.93. The standard InChI is InChI=1S/C18H20N8/c19-8-13-9-22-18(11-21-13)26-17-7-14-15(10-23-17)25-16(24-14)2-1-12-3-5-20-6-4-12/h7,9-12,20H,1-6H2,(H,24,25)(H,22,23,26)/p+1. The quantitative estimate of drug-likeness (QED) is 0.646. The third kappa shape index (κ3) is 3.78. The zero-order valence-corrected chi connectivity index (χ0v) is 14.4. The molecule has 1 fully saturated rings. The summed E-state index contributed by atoms with van der Waals surface area (Å²) in [6, 6.07) is 3.90. The first-order valence-electron chi connectivity index (χ1n) is 8.90. The van der Waals surface area contributed by atoms with Gasteiger partial charge in [-0.15, -0.1) is 0 Å². The summed E-state index contributed by atoms with van der Waals surface area (Å²) in [4.78, 5) is 19.5. The molecule has 1 aliphatic heterocycles. The molecule has 26 heavy (non-hydrogen) atoms. The Hall–Kier alpha value is -3.05. The Labute approximate surface area is 151 Å². The average molecular weight is 349 g/mol. The molecule has 8 nitrogen and oxygen atoms in total. The lowest BCUT2D eigenvalue weighted by Gasteiger charge is -2.21. The van der Waals surface area contributed by atoms with Crippen molar-refractivity contribution in [3.05, 3.63) is 36.2 Å². The van der Waals surface area contributed by atoms with Crippen LogP contribution in [0, 0.1) is 17.2 Å². The molecule has 0 aliphatic carbocycles. The van der Waals surface area contributed by atoms with Crippen LogP contribution in [0.3, 0.4) is 0 Å². The van der Waals surface area contributed by atoms with Crippen LogP contribution >= 0.6 is 0 Å². The number of anilines is 2. The lowest BCUT2D eigenvalue weighted by Crippen LogP contribution is -2.27. The van der Waals surface area contributed by atoms with Crippen LogP contribution in [-0.2, 0) is 6.42 Å². The van der Waals surface area contributed by atoms with Crippen molar-refractivity contribution in [1.29, 1.82) is 5.26 Å². The molecule has 0 spiro atoms. The van der Waals surface area contributed by atoms with Crippen molar-refractivity contribution in [1.82, 2.24) is 25.3 Å². The number of hydrogen-bond donors (Lipinski definition) is 3. The maximum atomic E-state index is 8.77. The van der Waals surface area contributed by atoms with Crippen molar-refractivity contribution < 1.29 is 4.98 Å². The second-order valence-corrected chi connectivity index (χ2v) is 6.58. The fraction of sp³-hybridized carbons (Fsp3) is 0.389. The minimum Gasteiger partial charge on any atom is -0.339 e. The summed E-state index contributed by atoms with van der Waals surface area (Å²) >= 11 is 0. The Kier molecular flexibility index (Phi) is 4.71. The van der Waals surface area contributed by atoms with Crippen molar-refractivity contribution >= 4 is 22.7 Å². The number of aromatic nitrogens is 5. The van der Waals surface area contributed by atoms with E-state index in [1.54, 1.807) is 0 Å². The van der Waals surface area contributed by atoms with Crippen molar-refractivity contribution in [3.63, 3.8) is 0 Å². The fourth-order valence-electron chi connectivity index (χ4n) is 3.29. The predicted molar refractivity (Wildman–Crippen MR) is 96.6 cm³/mol. The maximum Gasteiger partial charge on any atom is 0.280 e. The van der Waals surface area contributed by atoms with Crippen LogP contribution in [0.2, 0.25) is 0 Å². The van der Waals surface area contributed by atoms with Crippen molar-refractivity contribution in [2.45, 2.75) is 25.7 Å². The number of imidazole rings is 1. The van der Waals surface area contributed by atoms with Gasteiger partial charge in [-0.2, -0.15) is 5.26 Å². The molecule has 4 N–H and O–H groups in total. The van der Waals surface area contributed by atoms with E-state index in [1.807, 2.05) is 18.3 Å². The Balaban J connectivity index is 1.43. The van der Waals surface area contributed by atoms with E-state index in [0.29, 0.717) is 11.5 Å². The molecule has 8 heteroatoms. The van der Waals surface area contributed by atoms with E-state index in [4.69, 9.17) is 10.2 Å². The number of pyridine rings is 1. The van der Waals surface area contributed by atoms with E-state index in [1.165, 1.54) is 31.7 Å². The number of fused-ring (bicyclic) bond motifs is 1. The molecule has 4 rings (SSSR count). The molecule has 3 aromatic rings. The van der Waals surface area contributed by atoms with Crippen molar-refractivity contribution in [2.24, 2.45) is 5.92 Å². The largest absolute Gasteiger partial charge is 0.339 e. The summed E-state index contributed by atoms with van der Waals surface area (Å²) in [6.07, 6.45) is 9.54. The summed E-state index contributed by atoms with van der Waals surface area (Å²) in [5.74, 6) is 3.17. The number of nitrogens with zero attached hydrogens (tertiary/aromatic N) is 4. The highest BCUT2D eigenvalue weighted by atomic mass is 15.1. The van der Waals surface area contributed by atoms with Gasteiger partial charge in [0, 0.05) is 6.42 Å². The number of aromatic amines is 2. The Morgan fingerprint density at radius 3 is 2.92 bits per heavy atom. The summed E-state index contributed by atoms with van der Waals surface area (Å²) in [7, 11) is 0. The average Bonchev–Trinajstić information content (AvgIpc) is 3.10. The normalized spacial score (nSPS) is 15.0. The first-order chi connectivity index (χ1) is 12.8. The second kappa shape index (κ2) is 7.45. The molecule has 0 atom stereocenters. The molecular formula is C18H21N8+. The molecule has 0 saturated carbocycles. The Morgan fingerprint density at radius 1 is 1.27 bits per heavy atom. The van der Waals surface area contributed by atoms with Gasteiger partial charge in [0.1, 0.15) is 29.1 Å². The van der Waals surface area contributed by atoms with Gasteiger partial charge in [-0.05, 0) is 38.3 Å². The van der Waals surface area contributed by atoms with Gasteiger partial charge in [0.25, 0.3) is 5.82 Å². The summed E-state index contributed by atoms with van der Waals surface area (Å²) < 4.78 is 0. The van der Waals surface area contributed by atoms with E-state index in [0.717, 1.165) is 48.1 Å². The maximum absolute atomic E-state index is 8.77. The van der Waals surface area contributed by atoms with E-state index in [9.17, 15) is 0 Å². The molecule has 0 radical (unpaired) electrons. The molecule has 132 valence electrons. The summed E-state index contributed by atoms with van der Waals surface area (Å²) in [5.41, 5.74) is 2.19. The monoisotopic (exact) mass is 349 g/mol. The van der Waals surface area contributed by atoms with Crippen LogP contribution < -0.4 is 15.6 Å². The van der Waals surface area contributed by atoms with Crippen LogP contribution in [0.4, 0.5) is 11.6 Å². The molecule has 4 heterocycles. The second-order valence-electron chi connectivity index (χ2n) is 6.58. The van der Waals surface area contributed by atoms with Crippen molar-refractivity contribution in [2.75, 3.05) is 18.4 Å². The van der Waals surface area contributed by atoms with Gasteiger partial charge in [0.05, 0.1) is 18.5 Å². The summed E-state index contributed by atoms with van der Waals surface area (Å²) in [6.45, 7) is 2.26. The van der Waals surface area contributed by atoms with E-state index >= 15 is 0 Å². The molecule has 1 saturated heterocycles. The van der Waals surface area contributed by atoms with E-state index in [2.05, 4.69) is 30.6 Å². The number of rotatable bonds is 5. The number of nitrogens with one attached hydrogen (secondary N) is 4. The Morgan fingerprint density at radius 2 is 2.15 bits per heavy atom. The van der Waals surface area contributed by atoms with E-state index < -0.39 is 0 Å². The zero-order valence-electron chi connectivity index (χ0n) is 14.4. The van der Waals surface area contributed by atoms with Gasteiger partial charge < -0.3 is 10.3 Å². The highest BCUT2D eigenvalue weighted by molar-refractivity contribution is 5.76. The van der Waals surface area contributed by atoms with Gasteiger partial charge in [-0.3, -0.25) is 0 Å². The van der Waals surface area contributed by atoms with Gasteiger partial charge in [0.2, 0.25) is 5.82 Å². The van der Waals surface area contributed by atoms with Gasteiger partial charge >= 0.3 is 0 Å². The van der Waals surface area contributed by atoms with Gasteiger partial charge in [0.15, 0.2) is 5.69 Å². The van der Waals surface area contributed by atoms with E-state index in [-0.39, 0.29) is 0 Å².